The van der Waals surface area contributed by atoms with E-state index >= 15 is 0 Å². The predicted molar refractivity (Wildman–Crippen MR) is 34.3 cm³/mol. The van der Waals surface area contributed by atoms with Crippen LogP contribution in [0, 0.1) is 13.8 Å². The van der Waals surface area contributed by atoms with Gasteiger partial charge in [-0.2, -0.15) is 0 Å². The summed E-state index contributed by atoms with van der Waals surface area (Å²) >= 11 is 0. The van der Waals surface area contributed by atoms with Gasteiger partial charge in [0, 0.05) is 0 Å². The van der Waals surface area contributed by atoms with Gasteiger partial charge in [0.2, 0.25) is 0 Å². The Labute approximate surface area is 50.5 Å². The summed E-state index contributed by atoms with van der Waals surface area (Å²) in [5, 5.41) is 0. The zero-order valence-electron chi connectivity index (χ0n) is 4.89. The predicted octanol–water partition coefficient (Wildman–Crippen LogP) is 0.401. The maximum absolute atomic E-state index is 4.60. The lowest BCUT2D eigenvalue weighted by Gasteiger charge is -1.50. The molecule has 1 atom stereocenters. The minimum atomic E-state index is 0. The van der Waals surface area contributed by atoms with Crippen molar-refractivity contribution in [3.05, 3.63) is 26.5 Å². The lowest BCUT2D eigenvalue weighted by Crippen LogP contribution is -1.61. The number of allylic oxidation sites excluding steroid dienone is 1. The molecule has 0 aromatic carbocycles. The third-order valence-corrected chi connectivity index (χ3v) is 0.402. The van der Waals surface area contributed by atoms with Gasteiger partial charge in [0.05, 0.1) is 12.7 Å². The summed E-state index contributed by atoms with van der Waals surface area (Å²) in [6, 6.07) is 0. The third kappa shape index (κ3) is 17.4. The summed E-state index contributed by atoms with van der Waals surface area (Å²) in [6.07, 6.45) is 1.83. The fourth-order valence-electron chi connectivity index (χ4n) is 0.0680. The van der Waals surface area contributed by atoms with E-state index in [4.69, 9.17) is 0 Å². The summed E-state index contributed by atoms with van der Waals surface area (Å²) in [7, 11) is 0. The van der Waals surface area contributed by atoms with Gasteiger partial charge in [-0.05, 0) is 13.8 Å². The molecule has 2 N–H and O–H groups in total. The van der Waals surface area contributed by atoms with E-state index in [1.165, 1.54) is 6.08 Å². The molecule has 1 aliphatic rings. The van der Waals surface area contributed by atoms with Crippen LogP contribution in [0.25, 0.3) is 0 Å². The van der Waals surface area contributed by atoms with Gasteiger partial charge in [0.25, 0.3) is 0 Å². The first-order valence-electron chi connectivity index (χ1n) is 2.16. The number of hydrogen-bond acceptors (Lipinski definition) is 1. The van der Waals surface area contributed by atoms with Crippen molar-refractivity contribution in [2.24, 2.45) is 0 Å². The average molecular weight is 116 g/mol. The molecule has 1 heterocycles. The summed E-state index contributed by atoms with van der Waals surface area (Å²) in [4.78, 5) is 0. The molecule has 2 nitrogen and oxygen atoms in total. The van der Waals surface area contributed by atoms with Gasteiger partial charge in [-0.3, -0.25) is 0 Å². The zero-order valence-corrected chi connectivity index (χ0v) is 4.89. The molecule has 1 rings (SSSR count). The van der Waals surface area contributed by atoms with Crippen LogP contribution in [0.5, 0.6) is 0 Å². The van der Waals surface area contributed by atoms with E-state index < -0.39 is 0 Å². The normalized spacial score (nSPS) is 21.5. The Kier molecular flexibility index (Phi) is 8.83. The topological polar surface area (TPSA) is 44.0 Å². The maximum Gasteiger partial charge on any atom is 0.0810 e. The van der Waals surface area contributed by atoms with Crippen molar-refractivity contribution < 1.29 is 10.2 Å². The van der Waals surface area contributed by atoms with Crippen molar-refractivity contribution in [2.75, 3.05) is 6.61 Å². The minimum absolute atomic E-state index is 0. The van der Waals surface area contributed by atoms with Crippen LogP contribution in [0.15, 0.2) is 12.7 Å². The summed E-state index contributed by atoms with van der Waals surface area (Å²) in [5.41, 5.74) is 0. The van der Waals surface area contributed by atoms with Crippen molar-refractivity contribution in [3.63, 3.8) is 0 Å². The molecule has 48 valence electrons. The molecule has 1 aliphatic heterocycles. The molecule has 0 aliphatic carbocycles. The van der Waals surface area contributed by atoms with E-state index in [2.05, 4.69) is 25.2 Å². The van der Waals surface area contributed by atoms with E-state index in [-0.39, 0.29) is 5.48 Å². The van der Waals surface area contributed by atoms with Gasteiger partial charge in [0.1, 0.15) is 0 Å². The SMILES string of the molecule is O.[CH2]C1CO1.[CH2]C=C. The largest absolute Gasteiger partial charge is 0.412 e. The molecule has 0 bridgehead atoms. The Bertz CT molecular complexity index is 48.5. The van der Waals surface area contributed by atoms with E-state index in [1.54, 1.807) is 0 Å². The van der Waals surface area contributed by atoms with Gasteiger partial charge in [-0.1, -0.05) is 6.08 Å². The lowest BCUT2D eigenvalue weighted by molar-refractivity contribution is 0.439. The molecule has 2 heteroatoms. The molecular formula is C6H12O2. The Balaban J connectivity index is 0. The standard InChI is InChI=1S/C3H5O.C3H5.H2O/c1-3-2-4-3;1-3-2;/h3H,1-2H2;3H,1-2H2;1H2. The molecule has 0 amide bonds. The van der Waals surface area contributed by atoms with Crippen molar-refractivity contribution in [3.8, 4) is 0 Å². The Hall–Kier alpha value is -0.340. The highest BCUT2D eigenvalue weighted by atomic mass is 16.6. The fourth-order valence-corrected chi connectivity index (χ4v) is 0.0680. The average Bonchev–Trinajstić information content (AvgIpc) is 2.25. The van der Waals surface area contributed by atoms with Crippen LogP contribution in [-0.4, -0.2) is 18.2 Å². The Morgan fingerprint density at radius 3 is 1.75 bits per heavy atom. The van der Waals surface area contributed by atoms with Gasteiger partial charge in [-0.15, -0.1) is 6.58 Å². The highest BCUT2D eigenvalue weighted by Gasteiger charge is 2.13. The molecule has 1 unspecified atom stereocenters. The van der Waals surface area contributed by atoms with Gasteiger partial charge >= 0.3 is 0 Å². The first kappa shape index (κ1) is 10.6. The minimum Gasteiger partial charge on any atom is -0.412 e. The van der Waals surface area contributed by atoms with Crippen molar-refractivity contribution >= 4 is 0 Å². The fraction of sp³-hybridized carbons (Fsp3) is 0.333. The molecule has 8 heavy (non-hydrogen) atoms. The van der Waals surface area contributed by atoms with Gasteiger partial charge in [0.15, 0.2) is 0 Å². The van der Waals surface area contributed by atoms with Crippen LogP contribution >= 0.6 is 0 Å². The summed E-state index contributed by atoms with van der Waals surface area (Å²) in [5.74, 6) is 0. The first-order chi connectivity index (χ1) is 3.31. The van der Waals surface area contributed by atoms with E-state index in [9.17, 15) is 0 Å². The van der Waals surface area contributed by atoms with E-state index in [1.807, 2.05) is 0 Å². The van der Waals surface area contributed by atoms with Crippen LogP contribution in [0.1, 0.15) is 0 Å². The molecule has 0 aromatic heterocycles. The number of epoxide rings is 1. The third-order valence-electron chi connectivity index (χ3n) is 0.402. The molecular weight excluding hydrogens is 104 g/mol. The summed E-state index contributed by atoms with van der Waals surface area (Å²) < 4.78 is 4.60. The van der Waals surface area contributed by atoms with Crippen LogP contribution < -0.4 is 0 Å². The van der Waals surface area contributed by atoms with E-state index in [0.717, 1.165) is 6.61 Å². The second kappa shape index (κ2) is 6.66. The van der Waals surface area contributed by atoms with Gasteiger partial charge in [-0.25, -0.2) is 0 Å². The molecule has 2 radical (unpaired) electrons. The highest BCUT2D eigenvalue weighted by molar-refractivity contribution is 4.69. The van der Waals surface area contributed by atoms with Crippen molar-refractivity contribution in [2.45, 2.75) is 6.10 Å². The smallest absolute Gasteiger partial charge is 0.0810 e. The van der Waals surface area contributed by atoms with Crippen LogP contribution in [0.4, 0.5) is 0 Å². The molecule has 0 spiro atoms. The van der Waals surface area contributed by atoms with Gasteiger partial charge < -0.3 is 10.2 Å². The zero-order chi connectivity index (χ0) is 5.70. The quantitative estimate of drug-likeness (QED) is 0.422. The van der Waals surface area contributed by atoms with Crippen molar-refractivity contribution in [1.29, 1.82) is 0 Å². The highest BCUT2D eigenvalue weighted by Crippen LogP contribution is 2.03. The summed E-state index contributed by atoms with van der Waals surface area (Å²) in [6.45, 7) is 10.9. The number of hydrogen-bond donors (Lipinski definition) is 0. The number of rotatable bonds is 0. The van der Waals surface area contributed by atoms with Crippen LogP contribution in [0.2, 0.25) is 0 Å². The number of ether oxygens (including phenoxy) is 1. The molecule has 0 saturated carbocycles. The molecule has 1 fully saturated rings. The second-order valence-corrected chi connectivity index (χ2v) is 1.24. The van der Waals surface area contributed by atoms with Crippen molar-refractivity contribution in [1.82, 2.24) is 0 Å². The Morgan fingerprint density at radius 2 is 1.75 bits per heavy atom. The maximum atomic E-state index is 4.60. The van der Waals surface area contributed by atoms with Crippen LogP contribution in [-0.2, 0) is 4.74 Å². The lowest BCUT2D eigenvalue weighted by atomic mass is 10.6. The van der Waals surface area contributed by atoms with E-state index in [0.29, 0.717) is 6.10 Å². The second-order valence-electron chi connectivity index (χ2n) is 1.24. The first-order valence-corrected chi connectivity index (χ1v) is 2.16. The van der Waals surface area contributed by atoms with Crippen LogP contribution in [0.3, 0.4) is 0 Å². The Morgan fingerprint density at radius 1 is 1.62 bits per heavy atom. The molecule has 1 saturated heterocycles. The monoisotopic (exact) mass is 116 g/mol. The molecule has 0 aromatic rings.